The Kier molecular flexibility index (Phi) is 4.05. The fourth-order valence-electron chi connectivity index (χ4n) is 1.74. The Morgan fingerprint density at radius 1 is 1.54 bits per heavy atom. The van der Waals surface area contributed by atoms with Crippen molar-refractivity contribution in [3.05, 3.63) is 0 Å². The maximum absolute atomic E-state index is 11.2. The highest BCUT2D eigenvalue weighted by Crippen LogP contribution is 2.27. The van der Waals surface area contributed by atoms with Gasteiger partial charge in [0.2, 0.25) is 0 Å². The van der Waals surface area contributed by atoms with E-state index in [1.165, 1.54) is 0 Å². The second-order valence-corrected chi connectivity index (χ2v) is 6.61. The molecular formula is C9H17ClO2S. The third-order valence-electron chi connectivity index (χ3n) is 2.61. The zero-order valence-corrected chi connectivity index (χ0v) is 9.57. The molecule has 1 rings (SSSR count). The van der Waals surface area contributed by atoms with Crippen molar-refractivity contribution in [3.8, 4) is 0 Å². The number of alkyl halides is 1. The number of hydrogen-bond donors (Lipinski definition) is 0. The molecule has 1 aliphatic rings. The van der Waals surface area contributed by atoms with E-state index in [-0.39, 0.29) is 11.3 Å². The summed E-state index contributed by atoms with van der Waals surface area (Å²) in [5, 5.41) is 0.0669. The van der Waals surface area contributed by atoms with Crippen LogP contribution in [0.5, 0.6) is 0 Å². The molecule has 2 unspecified atom stereocenters. The van der Waals surface area contributed by atoms with Crippen LogP contribution in [-0.2, 0) is 9.84 Å². The van der Waals surface area contributed by atoms with Crippen molar-refractivity contribution in [1.29, 1.82) is 0 Å². The van der Waals surface area contributed by atoms with Gasteiger partial charge in [-0.15, -0.1) is 11.6 Å². The first-order valence-corrected chi connectivity index (χ1v) is 7.15. The molecule has 1 fully saturated rings. The van der Waals surface area contributed by atoms with Gasteiger partial charge in [-0.05, 0) is 18.8 Å². The Balaban J connectivity index is 2.37. The predicted octanol–water partition coefficient (Wildman–Crippen LogP) is 2.22. The Bertz CT molecular complexity index is 248. The molecule has 1 aliphatic heterocycles. The standard InChI is InChI=1S/C9H17ClO2S/c1-2-3-4-9(10)8-5-6-13(11,12)7-8/h8-9H,2-7H2,1H3. The lowest BCUT2D eigenvalue weighted by Gasteiger charge is -2.14. The van der Waals surface area contributed by atoms with E-state index in [9.17, 15) is 8.42 Å². The minimum absolute atomic E-state index is 0.0669. The molecule has 0 spiro atoms. The third kappa shape index (κ3) is 3.47. The smallest absolute Gasteiger partial charge is 0.150 e. The maximum Gasteiger partial charge on any atom is 0.150 e. The van der Waals surface area contributed by atoms with Crippen molar-refractivity contribution in [2.24, 2.45) is 5.92 Å². The molecule has 0 aromatic carbocycles. The molecule has 0 aromatic rings. The molecule has 0 aliphatic carbocycles. The Morgan fingerprint density at radius 3 is 2.69 bits per heavy atom. The molecule has 0 radical (unpaired) electrons. The van der Waals surface area contributed by atoms with Gasteiger partial charge in [-0.1, -0.05) is 19.8 Å². The largest absolute Gasteiger partial charge is 0.229 e. The van der Waals surface area contributed by atoms with Crippen LogP contribution in [0.4, 0.5) is 0 Å². The summed E-state index contributed by atoms with van der Waals surface area (Å²) >= 11 is 6.13. The van der Waals surface area contributed by atoms with E-state index in [0.29, 0.717) is 11.5 Å². The van der Waals surface area contributed by atoms with Crippen LogP contribution in [0.15, 0.2) is 0 Å². The quantitative estimate of drug-likeness (QED) is 0.687. The van der Waals surface area contributed by atoms with Gasteiger partial charge < -0.3 is 0 Å². The average molecular weight is 225 g/mol. The molecular weight excluding hydrogens is 208 g/mol. The van der Waals surface area contributed by atoms with Crippen molar-refractivity contribution < 1.29 is 8.42 Å². The van der Waals surface area contributed by atoms with Crippen molar-refractivity contribution in [2.45, 2.75) is 38.0 Å². The fraction of sp³-hybridized carbons (Fsp3) is 1.00. The molecule has 13 heavy (non-hydrogen) atoms. The highest BCUT2D eigenvalue weighted by Gasteiger charge is 2.32. The summed E-state index contributed by atoms with van der Waals surface area (Å²) in [6, 6.07) is 0. The van der Waals surface area contributed by atoms with Crippen LogP contribution in [-0.4, -0.2) is 25.3 Å². The second-order valence-electron chi connectivity index (χ2n) is 3.82. The number of rotatable bonds is 4. The van der Waals surface area contributed by atoms with E-state index in [1.54, 1.807) is 0 Å². The topological polar surface area (TPSA) is 34.1 Å². The predicted molar refractivity (Wildman–Crippen MR) is 55.9 cm³/mol. The highest BCUT2D eigenvalue weighted by atomic mass is 35.5. The van der Waals surface area contributed by atoms with E-state index in [4.69, 9.17) is 11.6 Å². The third-order valence-corrected chi connectivity index (χ3v) is 4.98. The second kappa shape index (κ2) is 4.65. The molecule has 78 valence electrons. The van der Waals surface area contributed by atoms with Crippen LogP contribution in [0.25, 0.3) is 0 Å². The number of halogens is 1. The lowest BCUT2D eigenvalue weighted by atomic mass is 10.0. The molecule has 0 bridgehead atoms. The molecule has 4 heteroatoms. The van der Waals surface area contributed by atoms with Gasteiger partial charge >= 0.3 is 0 Å². The van der Waals surface area contributed by atoms with Crippen LogP contribution in [0.3, 0.4) is 0 Å². The van der Waals surface area contributed by atoms with Crippen molar-refractivity contribution in [3.63, 3.8) is 0 Å². The SMILES string of the molecule is CCCCC(Cl)C1CCS(=O)(=O)C1. The first kappa shape index (κ1) is 11.3. The van der Waals surface area contributed by atoms with Crippen molar-refractivity contribution in [1.82, 2.24) is 0 Å². The summed E-state index contributed by atoms with van der Waals surface area (Å²) in [6.45, 7) is 2.12. The first-order chi connectivity index (χ1) is 6.05. The first-order valence-electron chi connectivity index (χ1n) is 4.89. The van der Waals surface area contributed by atoms with Crippen LogP contribution in [0.2, 0.25) is 0 Å². The van der Waals surface area contributed by atoms with E-state index in [1.807, 2.05) is 0 Å². The van der Waals surface area contributed by atoms with Gasteiger partial charge in [0.1, 0.15) is 0 Å². The zero-order valence-electron chi connectivity index (χ0n) is 8.00. The van der Waals surface area contributed by atoms with Crippen molar-refractivity contribution >= 4 is 21.4 Å². The van der Waals surface area contributed by atoms with E-state index in [2.05, 4.69) is 6.92 Å². The Labute approximate surface area is 85.6 Å². The van der Waals surface area contributed by atoms with Crippen LogP contribution < -0.4 is 0 Å². The fourth-order valence-corrected chi connectivity index (χ4v) is 4.10. The van der Waals surface area contributed by atoms with E-state index in [0.717, 1.165) is 25.7 Å². The summed E-state index contributed by atoms with van der Waals surface area (Å²) in [7, 11) is -2.75. The lowest BCUT2D eigenvalue weighted by molar-refractivity contribution is 0.512. The molecule has 0 N–H and O–H groups in total. The molecule has 0 saturated carbocycles. The minimum atomic E-state index is -2.75. The van der Waals surface area contributed by atoms with Crippen molar-refractivity contribution in [2.75, 3.05) is 11.5 Å². The molecule has 2 nitrogen and oxygen atoms in total. The average Bonchev–Trinajstić information content (AvgIpc) is 2.42. The maximum atomic E-state index is 11.2. The summed E-state index contributed by atoms with van der Waals surface area (Å²) in [5.41, 5.74) is 0. The molecule has 0 aromatic heterocycles. The Morgan fingerprint density at radius 2 is 2.23 bits per heavy atom. The van der Waals surface area contributed by atoms with Crippen LogP contribution in [0.1, 0.15) is 32.6 Å². The minimum Gasteiger partial charge on any atom is -0.229 e. The van der Waals surface area contributed by atoms with Gasteiger partial charge in [-0.2, -0.15) is 0 Å². The highest BCUT2D eigenvalue weighted by molar-refractivity contribution is 7.91. The van der Waals surface area contributed by atoms with Crippen LogP contribution >= 0.6 is 11.6 Å². The molecule has 0 amide bonds. The molecule has 1 saturated heterocycles. The summed E-state index contributed by atoms with van der Waals surface area (Å²) in [6.07, 6.45) is 3.95. The molecule has 2 atom stereocenters. The van der Waals surface area contributed by atoms with Gasteiger partial charge in [0, 0.05) is 5.38 Å². The Hall–Kier alpha value is 0.240. The number of unbranched alkanes of at least 4 members (excludes halogenated alkanes) is 1. The summed E-state index contributed by atoms with van der Waals surface area (Å²) in [5.74, 6) is 0.857. The number of hydrogen-bond acceptors (Lipinski definition) is 2. The van der Waals surface area contributed by atoms with Gasteiger partial charge in [0.15, 0.2) is 9.84 Å². The summed E-state index contributed by atoms with van der Waals surface area (Å²) < 4.78 is 22.3. The van der Waals surface area contributed by atoms with Crippen LogP contribution in [0, 0.1) is 5.92 Å². The molecule has 1 heterocycles. The monoisotopic (exact) mass is 224 g/mol. The van der Waals surface area contributed by atoms with Gasteiger partial charge in [-0.3, -0.25) is 0 Å². The number of sulfone groups is 1. The zero-order chi connectivity index (χ0) is 9.90. The normalized spacial score (nSPS) is 28.9. The van der Waals surface area contributed by atoms with Gasteiger partial charge in [0.25, 0.3) is 0 Å². The lowest BCUT2D eigenvalue weighted by Crippen LogP contribution is -2.16. The van der Waals surface area contributed by atoms with E-state index >= 15 is 0 Å². The summed E-state index contributed by atoms with van der Waals surface area (Å²) in [4.78, 5) is 0. The van der Waals surface area contributed by atoms with E-state index < -0.39 is 9.84 Å². The van der Waals surface area contributed by atoms with Gasteiger partial charge in [0.05, 0.1) is 11.5 Å². The van der Waals surface area contributed by atoms with Gasteiger partial charge in [-0.25, -0.2) is 8.42 Å².